The number of hydrogen-bond acceptors (Lipinski definition) is 3. The molecular formula is C15H9ClFNO2. The summed E-state index contributed by atoms with van der Waals surface area (Å²) in [6.45, 7) is 1.42. The highest BCUT2D eigenvalue weighted by atomic mass is 35.5. The summed E-state index contributed by atoms with van der Waals surface area (Å²) >= 11 is 5.98. The Morgan fingerprint density at radius 1 is 1.25 bits per heavy atom. The second-order valence-electron chi connectivity index (χ2n) is 4.06. The number of carbonyl (C=O) groups excluding carboxylic acids is 1. The number of nitrogens with zero attached hydrogens (tertiary/aromatic N) is 1. The van der Waals surface area contributed by atoms with Crippen LogP contribution in [0.15, 0.2) is 36.4 Å². The Hall–Kier alpha value is -2.38. The number of ketones is 1. The number of ether oxygens (including phenoxy) is 1. The van der Waals surface area contributed by atoms with Gasteiger partial charge in [-0.05, 0) is 43.3 Å². The second-order valence-corrected chi connectivity index (χ2v) is 4.47. The molecule has 2 rings (SSSR count). The monoisotopic (exact) mass is 289 g/mol. The number of carbonyl (C=O) groups is 1. The number of rotatable bonds is 3. The number of nitriles is 1. The molecule has 0 atom stereocenters. The Balaban J connectivity index is 2.31. The topological polar surface area (TPSA) is 50.1 Å². The molecule has 0 spiro atoms. The number of halogens is 2. The molecule has 2 aromatic carbocycles. The van der Waals surface area contributed by atoms with Crippen molar-refractivity contribution < 1.29 is 13.9 Å². The van der Waals surface area contributed by atoms with E-state index in [9.17, 15) is 9.18 Å². The number of hydrogen-bond donors (Lipinski definition) is 0. The van der Waals surface area contributed by atoms with E-state index in [0.717, 1.165) is 6.07 Å². The maximum atomic E-state index is 13.7. The van der Waals surface area contributed by atoms with E-state index in [0.29, 0.717) is 5.56 Å². The Morgan fingerprint density at radius 3 is 2.50 bits per heavy atom. The van der Waals surface area contributed by atoms with Crippen LogP contribution >= 0.6 is 11.6 Å². The van der Waals surface area contributed by atoms with Gasteiger partial charge in [0.15, 0.2) is 17.3 Å². The number of benzene rings is 2. The highest BCUT2D eigenvalue weighted by Gasteiger charge is 2.10. The SMILES string of the molecule is CC(=O)c1ccc(Oc2ccc(C#N)cc2F)c(Cl)c1. The second kappa shape index (κ2) is 5.72. The molecule has 0 aromatic heterocycles. The van der Waals surface area contributed by atoms with Gasteiger partial charge in [-0.1, -0.05) is 11.6 Å². The molecule has 20 heavy (non-hydrogen) atoms. The summed E-state index contributed by atoms with van der Waals surface area (Å²) in [5, 5.41) is 8.87. The van der Waals surface area contributed by atoms with Crippen molar-refractivity contribution >= 4 is 17.4 Å². The molecule has 0 heterocycles. The van der Waals surface area contributed by atoms with Crippen LogP contribution in [0.4, 0.5) is 4.39 Å². The Labute approximate surface area is 120 Å². The minimum Gasteiger partial charge on any atom is -0.453 e. The van der Waals surface area contributed by atoms with Gasteiger partial charge in [0.25, 0.3) is 0 Å². The third kappa shape index (κ3) is 2.95. The van der Waals surface area contributed by atoms with Crippen molar-refractivity contribution in [2.45, 2.75) is 6.92 Å². The maximum absolute atomic E-state index is 13.7. The van der Waals surface area contributed by atoms with Gasteiger partial charge in [-0.3, -0.25) is 4.79 Å². The Morgan fingerprint density at radius 2 is 1.95 bits per heavy atom. The fourth-order valence-corrected chi connectivity index (χ4v) is 1.79. The largest absolute Gasteiger partial charge is 0.453 e. The first-order valence-corrected chi connectivity index (χ1v) is 6.07. The Bertz CT molecular complexity index is 722. The quantitative estimate of drug-likeness (QED) is 0.790. The summed E-state index contributed by atoms with van der Waals surface area (Å²) in [7, 11) is 0. The molecule has 0 saturated carbocycles. The smallest absolute Gasteiger partial charge is 0.167 e. The van der Waals surface area contributed by atoms with E-state index < -0.39 is 5.82 Å². The first kappa shape index (κ1) is 14.0. The van der Waals surface area contributed by atoms with Crippen molar-refractivity contribution in [1.82, 2.24) is 0 Å². The number of Topliss-reactive ketones (excluding diaryl/α,β-unsaturated/α-hetero) is 1. The predicted molar refractivity (Wildman–Crippen MR) is 72.6 cm³/mol. The minimum atomic E-state index is -0.657. The van der Waals surface area contributed by atoms with Crippen LogP contribution in [-0.4, -0.2) is 5.78 Å². The van der Waals surface area contributed by atoms with Gasteiger partial charge in [-0.2, -0.15) is 5.26 Å². The van der Waals surface area contributed by atoms with E-state index in [-0.39, 0.29) is 27.9 Å². The van der Waals surface area contributed by atoms with Gasteiger partial charge >= 0.3 is 0 Å². The van der Waals surface area contributed by atoms with E-state index >= 15 is 0 Å². The van der Waals surface area contributed by atoms with Crippen LogP contribution in [0.1, 0.15) is 22.8 Å². The van der Waals surface area contributed by atoms with Crippen molar-refractivity contribution in [3.63, 3.8) is 0 Å². The van der Waals surface area contributed by atoms with Crippen LogP contribution in [0.2, 0.25) is 5.02 Å². The normalized spacial score (nSPS) is 9.90. The summed E-state index contributed by atoms with van der Waals surface area (Å²) in [4.78, 5) is 11.2. The van der Waals surface area contributed by atoms with E-state index in [1.165, 1.54) is 31.2 Å². The van der Waals surface area contributed by atoms with Gasteiger partial charge in [0.2, 0.25) is 0 Å². The molecule has 0 bridgehead atoms. The summed E-state index contributed by atoms with van der Waals surface area (Å²) in [6.07, 6.45) is 0. The van der Waals surface area contributed by atoms with E-state index in [2.05, 4.69) is 0 Å². The average Bonchev–Trinajstić information content (AvgIpc) is 2.42. The lowest BCUT2D eigenvalue weighted by Crippen LogP contribution is -1.94. The van der Waals surface area contributed by atoms with Crippen LogP contribution in [0.25, 0.3) is 0 Å². The lowest BCUT2D eigenvalue weighted by atomic mass is 10.1. The third-order valence-corrected chi connectivity index (χ3v) is 2.91. The molecule has 0 radical (unpaired) electrons. The lowest BCUT2D eigenvalue weighted by molar-refractivity contribution is 0.101. The molecule has 0 aliphatic carbocycles. The van der Waals surface area contributed by atoms with Crippen molar-refractivity contribution in [3.05, 3.63) is 58.4 Å². The third-order valence-electron chi connectivity index (χ3n) is 2.62. The summed E-state index contributed by atoms with van der Waals surface area (Å²) in [5.74, 6) is -0.583. The van der Waals surface area contributed by atoms with Crippen molar-refractivity contribution in [2.75, 3.05) is 0 Å². The summed E-state index contributed by atoms with van der Waals surface area (Å²) in [5.41, 5.74) is 0.649. The zero-order valence-corrected chi connectivity index (χ0v) is 11.2. The molecule has 100 valence electrons. The molecule has 0 aliphatic heterocycles. The van der Waals surface area contributed by atoms with Crippen molar-refractivity contribution in [1.29, 1.82) is 5.26 Å². The van der Waals surface area contributed by atoms with Crippen LogP contribution in [0.3, 0.4) is 0 Å². The van der Waals surface area contributed by atoms with Crippen LogP contribution in [-0.2, 0) is 0 Å². The minimum absolute atomic E-state index is 0.0403. The average molecular weight is 290 g/mol. The standard InChI is InChI=1S/C15H9ClFNO2/c1-9(19)11-3-5-14(12(16)7-11)20-15-4-2-10(8-18)6-13(15)17/h2-7H,1H3. The van der Waals surface area contributed by atoms with Crippen LogP contribution < -0.4 is 4.74 Å². The van der Waals surface area contributed by atoms with E-state index in [1.807, 2.05) is 6.07 Å². The van der Waals surface area contributed by atoms with Gasteiger partial charge in [0.1, 0.15) is 5.75 Å². The lowest BCUT2D eigenvalue weighted by Gasteiger charge is -2.09. The Kier molecular flexibility index (Phi) is 4.02. The molecule has 3 nitrogen and oxygen atoms in total. The molecule has 5 heteroatoms. The predicted octanol–water partition coefficient (Wildman–Crippen LogP) is 4.35. The van der Waals surface area contributed by atoms with E-state index in [4.69, 9.17) is 21.6 Å². The van der Waals surface area contributed by atoms with Gasteiger partial charge < -0.3 is 4.74 Å². The van der Waals surface area contributed by atoms with Gasteiger partial charge in [-0.15, -0.1) is 0 Å². The molecule has 0 N–H and O–H groups in total. The van der Waals surface area contributed by atoms with E-state index in [1.54, 1.807) is 6.07 Å². The maximum Gasteiger partial charge on any atom is 0.167 e. The molecular weight excluding hydrogens is 281 g/mol. The highest BCUT2D eigenvalue weighted by Crippen LogP contribution is 2.31. The van der Waals surface area contributed by atoms with Crippen molar-refractivity contribution in [3.8, 4) is 17.6 Å². The van der Waals surface area contributed by atoms with Gasteiger partial charge in [0.05, 0.1) is 16.7 Å². The van der Waals surface area contributed by atoms with Crippen LogP contribution in [0.5, 0.6) is 11.5 Å². The fourth-order valence-electron chi connectivity index (χ4n) is 1.57. The van der Waals surface area contributed by atoms with Crippen LogP contribution in [0, 0.1) is 17.1 Å². The molecule has 0 saturated heterocycles. The molecule has 0 amide bonds. The van der Waals surface area contributed by atoms with Gasteiger partial charge in [0, 0.05) is 5.56 Å². The van der Waals surface area contributed by atoms with Gasteiger partial charge in [-0.25, -0.2) is 4.39 Å². The zero-order valence-electron chi connectivity index (χ0n) is 10.5. The fraction of sp³-hybridized carbons (Fsp3) is 0.0667. The van der Waals surface area contributed by atoms with Crippen molar-refractivity contribution in [2.24, 2.45) is 0 Å². The zero-order chi connectivity index (χ0) is 14.7. The first-order chi connectivity index (χ1) is 9.51. The molecule has 2 aromatic rings. The highest BCUT2D eigenvalue weighted by molar-refractivity contribution is 6.32. The molecule has 0 fully saturated rings. The molecule has 0 aliphatic rings. The molecule has 0 unspecified atom stereocenters. The summed E-state index contributed by atoms with van der Waals surface area (Å²) in [6, 6.07) is 10.2. The first-order valence-electron chi connectivity index (χ1n) is 5.69. The summed E-state index contributed by atoms with van der Waals surface area (Å²) < 4.78 is 19.0.